The molecule has 0 radical (unpaired) electrons. The molecule has 0 unspecified atom stereocenters. The van der Waals surface area contributed by atoms with Crippen LogP contribution in [0.2, 0.25) is 0 Å². The molecule has 0 aliphatic heterocycles. The normalized spacial score (nSPS) is 10.6. The molecule has 2 aromatic carbocycles. The van der Waals surface area contributed by atoms with Crippen molar-refractivity contribution in [3.63, 3.8) is 0 Å². The van der Waals surface area contributed by atoms with Crippen LogP contribution in [-0.4, -0.2) is 22.1 Å². The number of carbonyl (C=O) groups excluding carboxylic acids is 1. The monoisotopic (exact) mass is 317 g/mol. The highest BCUT2D eigenvalue weighted by molar-refractivity contribution is 6.05. The molecule has 0 fully saturated rings. The number of carbonyl (C=O) groups is 1. The van der Waals surface area contributed by atoms with Crippen molar-refractivity contribution in [1.82, 2.24) is 15.5 Å². The van der Waals surface area contributed by atoms with E-state index in [-0.39, 0.29) is 11.9 Å². The molecule has 1 N–H and O–H groups in total. The van der Waals surface area contributed by atoms with E-state index in [2.05, 4.69) is 15.5 Å². The Balaban J connectivity index is 2.21. The SMILES string of the molecule is CC(C)NC(=O)c1c(-c2ccccc2)cnnc1-c1ccccc1. The summed E-state index contributed by atoms with van der Waals surface area (Å²) in [5, 5.41) is 11.4. The van der Waals surface area contributed by atoms with Gasteiger partial charge in [0.2, 0.25) is 0 Å². The predicted octanol–water partition coefficient (Wildman–Crippen LogP) is 3.95. The van der Waals surface area contributed by atoms with Crippen LogP contribution < -0.4 is 5.32 Å². The molecule has 3 aromatic rings. The van der Waals surface area contributed by atoms with Crippen LogP contribution in [0.5, 0.6) is 0 Å². The maximum Gasteiger partial charge on any atom is 0.254 e. The third kappa shape index (κ3) is 3.33. The maximum atomic E-state index is 12.9. The summed E-state index contributed by atoms with van der Waals surface area (Å²) in [5.41, 5.74) is 3.74. The zero-order valence-electron chi connectivity index (χ0n) is 13.7. The van der Waals surface area contributed by atoms with Gasteiger partial charge >= 0.3 is 0 Å². The first-order valence-electron chi connectivity index (χ1n) is 7.94. The molecule has 4 nitrogen and oxygen atoms in total. The van der Waals surface area contributed by atoms with Crippen LogP contribution in [0.3, 0.4) is 0 Å². The number of hydrogen-bond donors (Lipinski definition) is 1. The van der Waals surface area contributed by atoms with Gasteiger partial charge in [-0.05, 0) is 19.4 Å². The fourth-order valence-corrected chi connectivity index (χ4v) is 2.59. The van der Waals surface area contributed by atoms with Crippen molar-refractivity contribution in [1.29, 1.82) is 0 Å². The summed E-state index contributed by atoms with van der Waals surface area (Å²) in [6.45, 7) is 3.88. The van der Waals surface area contributed by atoms with E-state index >= 15 is 0 Å². The zero-order valence-corrected chi connectivity index (χ0v) is 13.7. The van der Waals surface area contributed by atoms with Gasteiger partial charge in [0.15, 0.2) is 0 Å². The summed E-state index contributed by atoms with van der Waals surface area (Å²) in [4.78, 5) is 12.9. The highest BCUT2D eigenvalue weighted by atomic mass is 16.1. The molecule has 1 amide bonds. The van der Waals surface area contributed by atoms with Crippen molar-refractivity contribution in [2.24, 2.45) is 0 Å². The third-order valence-electron chi connectivity index (χ3n) is 3.63. The Morgan fingerprint density at radius 1 is 0.917 bits per heavy atom. The van der Waals surface area contributed by atoms with Crippen molar-refractivity contribution in [2.75, 3.05) is 0 Å². The van der Waals surface area contributed by atoms with E-state index in [1.807, 2.05) is 74.5 Å². The molecule has 1 aromatic heterocycles. The molecule has 1 heterocycles. The minimum atomic E-state index is -0.141. The average molecular weight is 317 g/mol. The summed E-state index contributed by atoms with van der Waals surface area (Å²) < 4.78 is 0. The number of benzene rings is 2. The third-order valence-corrected chi connectivity index (χ3v) is 3.63. The number of aromatic nitrogens is 2. The quantitative estimate of drug-likeness (QED) is 0.792. The highest BCUT2D eigenvalue weighted by Crippen LogP contribution is 2.29. The Kier molecular flexibility index (Phi) is 4.66. The molecule has 120 valence electrons. The van der Waals surface area contributed by atoms with E-state index in [0.29, 0.717) is 11.3 Å². The van der Waals surface area contributed by atoms with Crippen molar-refractivity contribution >= 4 is 5.91 Å². The number of nitrogens with zero attached hydrogens (tertiary/aromatic N) is 2. The van der Waals surface area contributed by atoms with Gasteiger partial charge in [0.1, 0.15) is 5.69 Å². The number of hydrogen-bond acceptors (Lipinski definition) is 3. The minimum absolute atomic E-state index is 0.0397. The molecular formula is C20H19N3O. The lowest BCUT2D eigenvalue weighted by Crippen LogP contribution is -2.31. The van der Waals surface area contributed by atoms with Crippen LogP contribution in [0.15, 0.2) is 66.9 Å². The van der Waals surface area contributed by atoms with E-state index in [4.69, 9.17) is 0 Å². The number of amides is 1. The molecule has 0 saturated heterocycles. The first-order valence-corrected chi connectivity index (χ1v) is 7.94. The van der Waals surface area contributed by atoms with Crippen molar-refractivity contribution in [3.05, 3.63) is 72.4 Å². The molecular weight excluding hydrogens is 298 g/mol. The fraction of sp³-hybridized carbons (Fsp3) is 0.150. The van der Waals surface area contributed by atoms with Crippen molar-refractivity contribution in [2.45, 2.75) is 19.9 Å². The molecule has 0 aliphatic carbocycles. The molecule has 0 atom stereocenters. The second-order valence-corrected chi connectivity index (χ2v) is 5.84. The lowest BCUT2D eigenvalue weighted by atomic mass is 9.96. The summed E-state index contributed by atoms with van der Waals surface area (Å²) in [7, 11) is 0. The van der Waals surface area contributed by atoms with Crippen LogP contribution in [-0.2, 0) is 0 Å². The smallest absolute Gasteiger partial charge is 0.254 e. The summed E-state index contributed by atoms with van der Waals surface area (Å²) in [6, 6.07) is 19.5. The van der Waals surface area contributed by atoms with Crippen molar-refractivity contribution in [3.8, 4) is 22.4 Å². The topological polar surface area (TPSA) is 54.9 Å². The Labute approximate surface area is 141 Å². The Bertz CT molecular complexity index is 772. The van der Waals surface area contributed by atoms with Crippen LogP contribution in [0.4, 0.5) is 0 Å². The standard InChI is InChI=1S/C20H19N3O/c1-14(2)22-20(24)18-17(15-9-5-3-6-10-15)13-21-23-19(18)16-11-7-4-8-12-16/h3-14H,1-2H3,(H,22,24). The number of nitrogens with one attached hydrogen (secondary N) is 1. The second kappa shape index (κ2) is 7.04. The van der Waals surface area contributed by atoms with E-state index in [9.17, 15) is 4.79 Å². The van der Waals surface area contributed by atoms with Gasteiger partial charge < -0.3 is 5.32 Å². The summed E-state index contributed by atoms with van der Waals surface area (Å²) >= 11 is 0. The Morgan fingerprint density at radius 2 is 1.50 bits per heavy atom. The van der Waals surface area contributed by atoms with E-state index in [1.54, 1.807) is 6.20 Å². The predicted molar refractivity (Wildman–Crippen MR) is 95.5 cm³/mol. The first kappa shape index (κ1) is 15.9. The molecule has 4 heteroatoms. The Morgan fingerprint density at radius 3 is 2.08 bits per heavy atom. The average Bonchev–Trinajstić information content (AvgIpc) is 2.62. The molecule has 0 saturated carbocycles. The molecule has 3 rings (SSSR count). The molecule has 0 spiro atoms. The molecule has 24 heavy (non-hydrogen) atoms. The van der Waals surface area contributed by atoms with Gasteiger partial charge in [-0.3, -0.25) is 4.79 Å². The van der Waals surface area contributed by atoms with E-state index in [1.165, 1.54) is 0 Å². The molecule has 0 bridgehead atoms. The molecule has 0 aliphatic rings. The van der Waals surface area contributed by atoms with Gasteiger partial charge in [-0.1, -0.05) is 60.7 Å². The van der Waals surface area contributed by atoms with Gasteiger partial charge in [-0.15, -0.1) is 5.10 Å². The summed E-state index contributed by atoms with van der Waals surface area (Å²) in [6.07, 6.45) is 1.65. The maximum absolute atomic E-state index is 12.9. The van der Waals surface area contributed by atoms with Crippen LogP contribution in [0, 0.1) is 0 Å². The summed E-state index contributed by atoms with van der Waals surface area (Å²) in [5.74, 6) is -0.141. The fourth-order valence-electron chi connectivity index (χ4n) is 2.59. The van der Waals surface area contributed by atoms with Crippen LogP contribution in [0.1, 0.15) is 24.2 Å². The Hall–Kier alpha value is -3.01. The first-order chi connectivity index (χ1) is 11.7. The van der Waals surface area contributed by atoms with Crippen LogP contribution in [0.25, 0.3) is 22.4 Å². The van der Waals surface area contributed by atoms with Gasteiger partial charge in [0, 0.05) is 17.2 Å². The second-order valence-electron chi connectivity index (χ2n) is 5.84. The van der Waals surface area contributed by atoms with E-state index in [0.717, 1.165) is 16.7 Å². The minimum Gasteiger partial charge on any atom is -0.350 e. The lowest BCUT2D eigenvalue weighted by Gasteiger charge is -2.15. The highest BCUT2D eigenvalue weighted by Gasteiger charge is 2.21. The van der Waals surface area contributed by atoms with Gasteiger partial charge in [-0.2, -0.15) is 5.10 Å². The van der Waals surface area contributed by atoms with E-state index < -0.39 is 0 Å². The van der Waals surface area contributed by atoms with Gasteiger partial charge in [0.05, 0.1) is 11.8 Å². The van der Waals surface area contributed by atoms with Gasteiger partial charge in [-0.25, -0.2) is 0 Å². The van der Waals surface area contributed by atoms with Crippen LogP contribution >= 0.6 is 0 Å². The van der Waals surface area contributed by atoms with Crippen molar-refractivity contribution < 1.29 is 4.79 Å². The van der Waals surface area contributed by atoms with Gasteiger partial charge in [0.25, 0.3) is 5.91 Å². The largest absolute Gasteiger partial charge is 0.350 e. The zero-order chi connectivity index (χ0) is 16.9. The number of rotatable bonds is 4. The lowest BCUT2D eigenvalue weighted by molar-refractivity contribution is 0.0944.